The highest BCUT2D eigenvalue weighted by Gasteiger charge is 2.27. The van der Waals surface area contributed by atoms with Gasteiger partial charge >= 0.3 is 0 Å². The Morgan fingerprint density at radius 1 is 1.16 bits per heavy atom. The number of fused-ring (bicyclic) bond motifs is 1. The van der Waals surface area contributed by atoms with Crippen LogP contribution in [0.5, 0.6) is 5.75 Å². The molecule has 1 aliphatic rings. The zero-order valence-corrected chi connectivity index (χ0v) is 22.2. The van der Waals surface area contributed by atoms with Crippen molar-refractivity contribution in [1.29, 1.82) is 0 Å². The van der Waals surface area contributed by atoms with E-state index >= 15 is 0 Å². The molecule has 37 heavy (non-hydrogen) atoms. The summed E-state index contributed by atoms with van der Waals surface area (Å²) in [4.78, 5) is 16.7. The molecule has 4 heterocycles. The van der Waals surface area contributed by atoms with Crippen molar-refractivity contribution >= 4 is 17.4 Å². The Labute approximate surface area is 220 Å². The minimum absolute atomic E-state index is 0.452. The summed E-state index contributed by atoms with van der Waals surface area (Å²) in [7, 11) is 1.72. The van der Waals surface area contributed by atoms with Crippen LogP contribution in [0.15, 0.2) is 41.1 Å². The molecule has 4 aromatic rings. The van der Waals surface area contributed by atoms with Gasteiger partial charge < -0.3 is 19.3 Å². The number of pyridine rings is 1. The van der Waals surface area contributed by atoms with E-state index in [0.717, 1.165) is 34.0 Å². The molecule has 10 heteroatoms. The van der Waals surface area contributed by atoms with E-state index in [2.05, 4.69) is 26.4 Å². The minimum atomic E-state index is -0.720. The first kappa shape index (κ1) is 25.1. The fraction of sp³-hybridized carbons (Fsp3) is 0.333. The number of likely N-dealkylation sites (N-methyl/N-ethyl adjacent to an activating group) is 1. The zero-order chi connectivity index (χ0) is 26.3. The van der Waals surface area contributed by atoms with Crippen molar-refractivity contribution in [3.63, 3.8) is 0 Å². The third-order valence-electron chi connectivity index (χ3n) is 6.54. The third-order valence-corrected chi connectivity index (χ3v) is 6.87. The number of aryl methyl sites for hydroxylation is 2. The molecule has 0 fully saturated rings. The molecule has 0 bridgehead atoms. The molecule has 0 saturated carbocycles. The normalized spacial score (nSPS) is 14.5. The van der Waals surface area contributed by atoms with Crippen LogP contribution in [0.2, 0.25) is 5.02 Å². The second-order valence-corrected chi connectivity index (χ2v) is 9.63. The zero-order valence-electron chi connectivity index (χ0n) is 21.4. The summed E-state index contributed by atoms with van der Waals surface area (Å²) in [6.07, 6.45) is 0.507. The summed E-state index contributed by atoms with van der Waals surface area (Å²) in [5.41, 5.74) is 6.06. The molecule has 3 aromatic heterocycles. The van der Waals surface area contributed by atoms with Gasteiger partial charge in [-0.05, 0) is 64.6 Å². The van der Waals surface area contributed by atoms with E-state index in [9.17, 15) is 5.11 Å². The van der Waals surface area contributed by atoms with Crippen LogP contribution in [0.25, 0.3) is 22.6 Å². The third kappa shape index (κ3) is 4.77. The molecule has 1 aliphatic heterocycles. The highest BCUT2D eigenvalue weighted by Crippen LogP contribution is 2.38. The molecule has 0 radical (unpaired) electrons. The number of hydrogen-bond acceptors (Lipinski definition) is 9. The van der Waals surface area contributed by atoms with Crippen LogP contribution in [0, 0.1) is 20.8 Å². The van der Waals surface area contributed by atoms with Crippen molar-refractivity contribution in [3.05, 3.63) is 69.8 Å². The number of nitrogens with one attached hydrogen (secondary N) is 1. The molecule has 5 rings (SSSR count). The largest absolute Gasteiger partial charge is 0.473 e. The number of nitrogens with zero attached hydrogens (tertiary/aromatic N) is 5. The van der Waals surface area contributed by atoms with Crippen molar-refractivity contribution in [1.82, 2.24) is 25.4 Å². The van der Waals surface area contributed by atoms with Gasteiger partial charge in [0.1, 0.15) is 23.4 Å². The van der Waals surface area contributed by atoms with Gasteiger partial charge in [0.25, 0.3) is 0 Å². The monoisotopic (exact) mass is 520 g/mol. The van der Waals surface area contributed by atoms with Crippen LogP contribution in [0.1, 0.15) is 35.2 Å². The highest BCUT2D eigenvalue weighted by atomic mass is 35.5. The molecule has 0 aliphatic carbocycles. The molecule has 1 unspecified atom stereocenters. The number of rotatable bonds is 7. The molecule has 9 nitrogen and oxygen atoms in total. The predicted octanol–water partition coefficient (Wildman–Crippen LogP) is 4.60. The Kier molecular flexibility index (Phi) is 6.85. The van der Waals surface area contributed by atoms with Crippen LogP contribution in [-0.4, -0.2) is 44.6 Å². The van der Waals surface area contributed by atoms with Crippen molar-refractivity contribution < 1.29 is 14.4 Å². The molecule has 1 aromatic carbocycles. The van der Waals surface area contributed by atoms with Crippen LogP contribution in [-0.2, 0) is 13.1 Å². The Balaban J connectivity index is 1.65. The van der Waals surface area contributed by atoms with Gasteiger partial charge in [0.15, 0.2) is 12.1 Å². The first-order chi connectivity index (χ1) is 17.8. The van der Waals surface area contributed by atoms with Gasteiger partial charge in [-0.25, -0.2) is 9.97 Å². The van der Waals surface area contributed by atoms with Crippen molar-refractivity contribution in [2.45, 2.75) is 53.1 Å². The second-order valence-electron chi connectivity index (χ2n) is 9.22. The van der Waals surface area contributed by atoms with E-state index in [-0.39, 0.29) is 0 Å². The quantitative estimate of drug-likeness (QED) is 0.338. The van der Waals surface area contributed by atoms with Crippen LogP contribution in [0.4, 0.5) is 5.82 Å². The van der Waals surface area contributed by atoms with Gasteiger partial charge in [-0.2, -0.15) is 0 Å². The summed E-state index contributed by atoms with van der Waals surface area (Å²) < 4.78 is 11.4. The van der Waals surface area contributed by atoms with Crippen LogP contribution < -0.4 is 15.0 Å². The van der Waals surface area contributed by atoms with Gasteiger partial charge in [-0.15, -0.1) is 0 Å². The van der Waals surface area contributed by atoms with Crippen molar-refractivity contribution in [2.75, 3.05) is 11.9 Å². The van der Waals surface area contributed by atoms with E-state index in [0.29, 0.717) is 41.0 Å². The van der Waals surface area contributed by atoms with Crippen LogP contribution >= 0.6 is 11.6 Å². The number of anilines is 1. The average molecular weight is 521 g/mol. The lowest BCUT2D eigenvalue weighted by molar-refractivity contribution is 0.0321. The highest BCUT2D eigenvalue weighted by molar-refractivity contribution is 6.33. The average Bonchev–Trinajstić information content (AvgIpc) is 3.46. The van der Waals surface area contributed by atoms with Crippen LogP contribution in [0.3, 0.4) is 0 Å². The Bertz CT molecular complexity index is 1410. The number of ether oxygens (including phenoxy) is 1. The molecule has 0 saturated heterocycles. The van der Waals surface area contributed by atoms with Crippen molar-refractivity contribution in [2.24, 2.45) is 0 Å². The number of halogens is 1. The maximum atomic E-state index is 10.0. The van der Waals surface area contributed by atoms with E-state index in [4.69, 9.17) is 30.8 Å². The Morgan fingerprint density at radius 3 is 2.65 bits per heavy atom. The van der Waals surface area contributed by atoms with Gasteiger partial charge in [0.05, 0.1) is 34.2 Å². The molecule has 2 atom stereocenters. The summed E-state index contributed by atoms with van der Waals surface area (Å²) in [5.74, 6) is 2.45. The lowest BCUT2D eigenvalue weighted by atomic mass is 10.0. The van der Waals surface area contributed by atoms with Crippen molar-refractivity contribution in [3.8, 4) is 28.4 Å². The van der Waals surface area contributed by atoms with Gasteiger partial charge in [-0.3, -0.25) is 10.3 Å². The summed E-state index contributed by atoms with van der Waals surface area (Å²) in [6, 6.07) is 9.33. The van der Waals surface area contributed by atoms with E-state index in [1.165, 1.54) is 5.56 Å². The number of aliphatic hydroxyl groups is 1. The van der Waals surface area contributed by atoms with Gasteiger partial charge in [0.2, 0.25) is 0 Å². The molecule has 0 amide bonds. The maximum absolute atomic E-state index is 10.0. The summed E-state index contributed by atoms with van der Waals surface area (Å²) >= 11 is 6.67. The van der Waals surface area contributed by atoms with E-state index < -0.39 is 12.3 Å². The lowest BCUT2D eigenvalue weighted by Crippen LogP contribution is -2.40. The predicted molar refractivity (Wildman–Crippen MR) is 141 cm³/mol. The first-order valence-corrected chi connectivity index (χ1v) is 12.5. The smallest absolute Gasteiger partial charge is 0.175 e. The molecule has 0 spiro atoms. The topological polar surface area (TPSA) is 109 Å². The van der Waals surface area contributed by atoms with E-state index in [1.54, 1.807) is 32.2 Å². The molecular weight excluding hydrogens is 492 g/mol. The second kappa shape index (κ2) is 10.1. The lowest BCUT2D eigenvalue weighted by Gasteiger charge is -2.23. The fourth-order valence-electron chi connectivity index (χ4n) is 4.64. The Morgan fingerprint density at radius 2 is 1.97 bits per heavy atom. The van der Waals surface area contributed by atoms with Gasteiger partial charge in [-0.1, -0.05) is 22.8 Å². The SMILES string of the molecule is CNC(Oc1ccc(Cl)c(-c2nc(-c3c(C)noc3C)c(C)c(N3Cc4cccnc4C3)n2)c1)[C@@H](C)O. The summed E-state index contributed by atoms with van der Waals surface area (Å²) in [5, 5.41) is 17.6. The first-order valence-electron chi connectivity index (χ1n) is 12.1. The number of benzene rings is 1. The standard InChI is InChI=1S/C27H29ClN6O3/c1-14-24(23-15(2)33-37-17(23)4)31-25(32-26(14)34-12-18-7-6-10-30-22(18)13-34)20-11-19(8-9-21(20)28)36-27(29-5)16(3)35/h6-11,16,27,29,35H,12-13H2,1-5H3/t16-,27?/m1/s1. The summed E-state index contributed by atoms with van der Waals surface area (Å²) in [6.45, 7) is 8.78. The Hall–Kier alpha value is -3.53. The number of aromatic nitrogens is 4. The minimum Gasteiger partial charge on any atom is -0.473 e. The number of aliphatic hydroxyl groups excluding tert-OH is 1. The van der Waals surface area contributed by atoms with Gasteiger partial charge in [0, 0.05) is 23.9 Å². The number of hydrogen-bond donors (Lipinski definition) is 2. The molecule has 192 valence electrons. The fourth-order valence-corrected chi connectivity index (χ4v) is 4.84. The van der Waals surface area contributed by atoms with E-state index in [1.807, 2.05) is 33.0 Å². The maximum Gasteiger partial charge on any atom is 0.175 e. The molecule has 2 N–H and O–H groups in total. The molecular formula is C27H29ClN6O3.